The van der Waals surface area contributed by atoms with Crippen molar-refractivity contribution in [1.29, 1.82) is 0 Å². The van der Waals surface area contributed by atoms with Crippen LogP contribution in [0.5, 0.6) is 5.75 Å². The van der Waals surface area contributed by atoms with Crippen LogP contribution in [0.1, 0.15) is 31.8 Å². The van der Waals surface area contributed by atoms with Crippen molar-refractivity contribution in [3.63, 3.8) is 0 Å². The van der Waals surface area contributed by atoms with Gasteiger partial charge in [-0.05, 0) is 61.4 Å². The van der Waals surface area contributed by atoms with Gasteiger partial charge in [0.05, 0.1) is 5.56 Å². The Morgan fingerprint density at radius 2 is 1.71 bits per heavy atom. The first-order valence-corrected chi connectivity index (χ1v) is 6.33. The van der Waals surface area contributed by atoms with E-state index in [4.69, 9.17) is 5.11 Å². The highest BCUT2D eigenvalue weighted by Gasteiger charge is 2.12. The quantitative estimate of drug-likeness (QED) is 0.809. The first kappa shape index (κ1) is 14.6. The molecule has 5 heteroatoms. The number of aromatic hydroxyl groups is 1. The third-order valence-electron chi connectivity index (χ3n) is 3.18. The predicted molar refractivity (Wildman–Crippen MR) is 78.9 cm³/mol. The van der Waals surface area contributed by atoms with Crippen LogP contribution in [0.3, 0.4) is 0 Å². The Morgan fingerprint density at radius 3 is 2.29 bits per heavy atom. The van der Waals surface area contributed by atoms with E-state index < -0.39 is 5.97 Å². The summed E-state index contributed by atoms with van der Waals surface area (Å²) in [4.78, 5) is 23.1. The van der Waals surface area contributed by atoms with E-state index in [0.717, 1.165) is 0 Å². The van der Waals surface area contributed by atoms with E-state index in [0.29, 0.717) is 22.4 Å². The molecule has 108 valence electrons. The standard InChI is InChI=1S/C16H15NO4/c1-9-8-12(18)4-5-13(9)15(19)17-14-6-3-11(16(20)21)7-10(14)2/h3-8,18H,1-2H3,(H,17,19)(H,20,21). The molecule has 0 aliphatic rings. The Balaban J connectivity index is 2.25. The van der Waals surface area contributed by atoms with E-state index >= 15 is 0 Å². The molecule has 0 saturated carbocycles. The summed E-state index contributed by atoms with van der Waals surface area (Å²) in [6.07, 6.45) is 0. The van der Waals surface area contributed by atoms with Crippen LogP contribution in [0, 0.1) is 13.8 Å². The molecule has 0 bridgehead atoms. The average Bonchev–Trinajstić information content (AvgIpc) is 2.40. The lowest BCUT2D eigenvalue weighted by molar-refractivity contribution is 0.0696. The first-order valence-electron chi connectivity index (χ1n) is 6.33. The zero-order valence-corrected chi connectivity index (χ0v) is 11.7. The molecule has 0 fully saturated rings. The van der Waals surface area contributed by atoms with E-state index in [2.05, 4.69) is 5.32 Å². The largest absolute Gasteiger partial charge is 0.508 e. The number of hydrogen-bond donors (Lipinski definition) is 3. The van der Waals surface area contributed by atoms with Crippen LogP contribution >= 0.6 is 0 Å². The second-order valence-electron chi connectivity index (χ2n) is 4.79. The Hall–Kier alpha value is -2.82. The van der Waals surface area contributed by atoms with Gasteiger partial charge < -0.3 is 15.5 Å². The molecule has 0 aromatic heterocycles. The maximum atomic E-state index is 12.2. The molecule has 0 aliphatic heterocycles. The predicted octanol–water partition coefficient (Wildman–Crippen LogP) is 2.96. The number of carboxylic acid groups (broad SMARTS) is 1. The van der Waals surface area contributed by atoms with Gasteiger partial charge in [0.2, 0.25) is 0 Å². The fourth-order valence-electron chi connectivity index (χ4n) is 2.03. The van der Waals surface area contributed by atoms with Crippen molar-refractivity contribution in [2.24, 2.45) is 0 Å². The van der Waals surface area contributed by atoms with Crippen molar-refractivity contribution in [3.05, 3.63) is 58.7 Å². The van der Waals surface area contributed by atoms with Crippen molar-refractivity contribution in [1.82, 2.24) is 0 Å². The Bertz CT molecular complexity index is 722. The molecule has 0 heterocycles. The number of aryl methyl sites for hydroxylation is 2. The molecule has 21 heavy (non-hydrogen) atoms. The molecule has 0 atom stereocenters. The Kier molecular flexibility index (Phi) is 3.93. The fourth-order valence-corrected chi connectivity index (χ4v) is 2.03. The van der Waals surface area contributed by atoms with Gasteiger partial charge in [0.15, 0.2) is 0 Å². The number of aromatic carboxylic acids is 1. The molecule has 0 spiro atoms. The lowest BCUT2D eigenvalue weighted by Crippen LogP contribution is -2.14. The molecule has 0 radical (unpaired) electrons. The summed E-state index contributed by atoms with van der Waals surface area (Å²) in [7, 11) is 0. The SMILES string of the molecule is Cc1cc(C(=O)O)ccc1NC(=O)c1ccc(O)cc1C. The van der Waals surface area contributed by atoms with Crippen LogP contribution in [-0.4, -0.2) is 22.1 Å². The van der Waals surface area contributed by atoms with Crippen molar-refractivity contribution in [2.45, 2.75) is 13.8 Å². The molecule has 0 aliphatic carbocycles. The molecule has 2 aromatic carbocycles. The third-order valence-corrected chi connectivity index (χ3v) is 3.18. The molecule has 5 nitrogen and oxygen atoms in total. The summed E-state index contributed by atoms with van der Waals surface area (Å²) in [6, 6.07) is 9.00. The summed E-state index contributed by atoms with van der Waals surface area (Å²) >= 11 is 0. The maximum Gasteiger partial charge on any atom is 0.335 e. The number of carbonyl (C=O) groups is 2. The number of carbonyl (C=O) groups excluding carboxylic acids is 1. The number of phenolic OH excluding ortho intramolecular Hbond substituents is 1. The number of anilines is 1. The minimum atomic E-state index is -1.01. The van der Waals surface area contributed by atoms with Crippen LogP contribution in [0.2, 0.25) is 0 Å². The van der Waals surface area contributed by atoms with E-state index in [-0.39, 0.29) is 17.2 Å². The number of carboxylic acids is 1. The van der Waals surface area contributed by atoms with E-state index in [1.165, 1.54) is 24.3 Å². The molecule has 0 saturated heterocycles. The topological polar surface area (TPSA) is 86.6 Å². The Morgan fingerprint density at radius 1 is 1.00 bits per heavy atom. The van der Waals surface area contributed by atoms with Crippen LogP contribution in [0.15, 0.2) is 36.4 Å². The van der Waals surface area contributed by atoms with Gasteiger partial charge in [0.25, 0.3) is 5.91 Å². The van der Waals surface area contributed by atoms with Crippen molar-refractivity contribution in [2.75, 3.05) is 5.32 Å². The van der Waals surface area contributed by atoms with Gasteiger partial charge in [0, 0.05) is 11.3 Å². The average molecular weight is 285 g/mol. The van der Waals surface area contributed by atoms with Gasteiger partial charge in [-0.3, -0.25) is 4.79 Å². The lowest BCUT2D eigenvalue weighted by Gasteiger charge is -2.11. The second-order valence-corrected chi connectivity index (χ2v) is 4.79. The van der Waals surface area contributed by atoms with Gasteiger partial charge in [-0.2, -0.15) is 0 Å². The molecule has 2 rings (SSSR count). The van der Waals surface area contributed by atoms with E-state index in [1.807, 2.05) is 0 Å². The summed E-state index contributed by atoms with van der Waals surface area (Å²) in [5, 5.41) is 21.0. The smallest absolute Gasteiger partial charge is 0.335 e. The van der Waals surface area contributed by atoms with Crippen molar-refractivity contribution < 1.29 is 19.8 Å². The molecular weight excluding hydrogens is 270 g/mol. The number of benzene rings is 2. The van der Waals surface area contributed by atoms with Gasteiger partial charge in [0.1, 0.15) is 5.75 Å². The van der Waals surface area contributed by atoms with Crippen molar-refractivity contribution in [3.8, 4) is 5.75 Å². The van der Waals surface area contributed by atoms with E-state index in [1.54, 1.807) is 26.0 Å². The van der Waals surface area contributed by atoms with Gasteiger partial charge in [-0.25, -0.2) is 4.79 Å². The molecule has 2 aromatic rings. The van der Waals surface area contributed by atoms with Crippen LogP contribution < -0.4 is 5.32 Å². The minimum Gasteiger partial charge on any atom is -0.508 e. The van der Waals surface area contributed by atoms with E-state index in [9.17, 15) is 14.7 Å². The highest BCUT2D eigenvalue weighted by Crippen LogP contribution is 2.20. The zero-order chi connectivity index (χ0) is 15.6. The number of rotatable bonds is 3. The fraction of sp³-hybridized carbons (Fsp3) is 0.125. The monoisotopic (exact) mass is 285 g/mol. The number of hydrogen-bond acceptors (Lipinski definition) is 3. The summed E-state index contributed by atoms with van der Waals surface area (Å²) in [5.41, 5.74) is 2.50. The van der Waals surface area contributed by atoms with Gasteiger partial charge >= 0.3 is 5.97 Å². The first-order chi connectivity index (χ1) is 9.88. The third kappa shape index (κ3) is 3.20. The van der Waals surface area contributed by atoms with Crippen LogP contribution in [-0.2, 0) is 0 Å². The molecule has 3 N–H and O–H groups in total. The zero-order valence-electron chi connectivity index (χ0n) is 11.7. The maximum absolute atomic E-state index is 12.2. The summed E-state index contributed by atoms with van der Waals surface area (Å²) in [6.45, 7) is 3.46. The highest BCUT2D eigenvalue weighted by atomic mass is 16.4. The molecular formula is C16H15NO4. The molecule has 1 amide bonds. The van der Waals surface area contributed by atoms with Gasteiger partial charge in [-0.1, -0.05) is 0 Å². The Labute approximate surface area is 121 Å². The number of nitrogens with one attached hydrogen (secondary N) is 1. The van der Waals surface area contributed by atoms with Crippen molar-refractivity contribution >= 4 is 17.6 Å². The normalized spacial score (nSPS) is 10.2. The van der Waals surface area contributed by atoms with Crippen LogP contribution in [0.25, 0.3) is 0 Å². The second kappa shape index (κ2) is 5.66. The summed E-state index contributed by atoms with van der Waals surface area (Å²) < 4.78 is 0. The lowest BCUT2D eigenvalue weighted by atomic mass is 10.1. The molecule has 0 unspecified atom stereocenters. The van der Waals surface area contributed by atoms with Crippen LogP contribution in [0.4, 0.5) is 5.69 Å². The van der Waals surface area contributed by atoms with Gasteiger partial charge in [-0.15, -0.1) is 0 Å². The number of amides is 1. The number of phenols is 1. The minimum absolute atomic E-state index is 0.103. The highest BCUT2D eigenvalue weighted by molar-refractivity contribution is 6.06. The summed E-state index contributed by atoms with van der Waals surface area (Å²) in [5.74, 6) is -1.21.